The zero-order chi connectivity index (χ0) is 12.3. The van der Waals surface area contributed by atoms with E-state index in [9.17, 15) is 9.90 Å². The number of carbonyl (C=O) groups excluding carboxylic acids is 1. The van der Waals surface area contributed by atoms with Gasteiger partial charge in [0.05, 0.1) is 5.56 Å². The van der Waals surface area contributed by atoms with Crippen LogP contribution in [0.15, 0.2) is 18.2 Å². The van der Waals surface area contributed by atoms with Gasteiger partial charge >= 0.3 is 0 Å². The molecule has 2 rings (SSSR count). The van der Waals surface area contributed by atoms with Gasteiger partial charge in [-0.1, -0.05) is 11.6 Å². The van der Waals surface area contributed by atoms with Crippen molar-refractivity contribution >= 4 is 5.91 Å². The smallest absolute Gasteiger partial charge is 0.255 e. The molecule has 0 bridgehead atoms. The standard InChI is InChI=1S/C13H17NO3/c1-9-2-3-12(15)11(8-9)13(16)14-10-4-6-17-7-5-10/h2-3,8,10,15H,4-7H2,1H3,(H,14,16). The van der Waals surface area contributed by atoms with Gasteiger partial charge in [-0.2, -0.15) is 0 Å². The van der Waals surface area contributed by atoms with E-state index in [1.54, 1.807) is 18.2 Å². The first-order valence-corrected chi connectivity index (χ1v) is 5.85. The number of aromatic hydroxyl groups is 1. The Morgan fingerprint density at radius 2 is 2.12 bits per heavy atom. The van der Waals surface area contributed by atoms with E-state index < -0.39 is 0 Å². The van der Waals surface area contributed by atoms with Gasteiger partial charge in [-0.05, 0) is 31.9 Å². The summed E-state index contributed by atoms with van der Waals surface area (Å²) in [6.07, 6.45) is 1.66. The van der Waals surface area contributed by atoms with Crippen molar-refractivity contribution < 1.29 is 14.6 Å². The molecule has 1 aromatic carbocycles. The molecule has 1 amide bonds. The summed E-state index contributed by atoms with van der Waals surface area (Å²) in [5.74, 6) is -0.182. The summed E-state index contributed by atoms with van der Waals surface area (Å²) in [4.78, 5) is 12.0. The van der Waals surface area contributed by atoms with E-state index in [-0.39, 0.29) is 17.7 Å². The van der Waals surface area contributed by atoms with Crippen LogP contribution in [0, 0.1) is 6.92 Å². The summed E-state index contributed by atoms with van der Waals surface area (Å²) in [5.41, 5.74) is 1.30. The number of rotatable bonds is 2. The topological polar surface area (TPSA) is 58.6 Å². The number of benzene rings is 1. The lowest BCUT2D eigenvalue weighted by molar-refractivity contribution is 0.0695. The molecular weight excluding hydrogens is 218 g/mol. The highest BCUT2D eigenvalue weighted by Gasteiger charge is 2.18. The van der Waals surface area contributed by atoms with Crippen molar-refractivity contribution in [1.29, 1.82) is 0 Å². The van der Waals surface area contributed by atoms with E-state index >= 15 is 0 Å². The molecule has 0 aliphatic carbocycles. The Bertz CT molecular complexity index is 411. The van der Waals surface area contributed by atoms with Crippen LogP contribution in [-0.2, 0) is 4.74 Å². The molecule has 0 atom stereocenters. The van der Waals surface area contributed by atoms with E-state index in [2.05, 4.69) is 5.32 Å². The minimum absolute atomic E-state index is 0.0279. The van der Waals surface area contributed by atoms with E-state index in [1.807, 2.05) is 6.92 Å². The van der Waals surface area contributed by atoms with Crippen LogP contribution < -0.4 is 5.32 Å². The molecule has 0 saturated carbocycles. The molecule has 0 spiro atoms. The summed E-state index contributed by atoms with van der Waals surface area (Å²) < 4.78 is 5.23. The molecule has 1 saturated heterocycles. The molecule has 4 nitrogen and oxygen atoms in total. The Morgan fingerprint density at radius 3 is 2.82 bits per heavy atom. The Hall–Kier alpha value is -1.55. The van der Waals surface area contributed by atoms with Crippen LogP contribution in [-0.4, -0.2) is 30.3 Å². The largest absolute Gasteiger partial charge is 0.507 e. The number of hydrogen-bond donors (Lipinski definition) is 2. The highest BCUT2D eigenvalue weighted by molar-refractivity contribution is 5.97. The van der Waals surface area contributed by atoms with Gasteiger partial charge in [0.2, 0.25) is 0 Å². The quantitative estimate of drug-likeness (QED) is 0.818. The van der Waals surface area contributed by atoms with Gasteiger partial charge in [-0.15, -0.1) is 0 Å². The van der Waals surface area contributed by atoms with Crippen molar-refractivity contribution in [1.82, 2.24) is 5.32 Å². The average Bonchev–Trinajstić information content (AvgIpc) is 2.33. The van der Waals surface area contributed by atoms with Crippen molar-refractivity contribution in [3.8, 4) is 5.75 Å². The second kappa shape index (κ2) is 5.19. The third kappa shape index (κ3) is 2.97. The molecule has 17 heavy (non-hydrogen) atoms. The van der Waals surface area contributed by atoms with Gasteiger partial charge in [-0.25, -0.2) is 0 Å². The molecule has 2 N–H and O–H groups in total. The highest BCUT2D eigenvalue weighted by atomic mass is 16.5. The summed E-state index contributed by atoms with van der Waals surface area (Å²) in [7, 11) is 0. The number of carbonyl (C=O) groups is 1. The van der Waals surface area contributed by atoms with E-state index in [4.69, 9.17) is 4.74 Å². The van der Waals surface area contributed by atoms with E-state index in [0.717, 1.165) is 18.4 Å². The molecule has 4 heteroatoms. The summed E-state index contributed by atoms with van der Waals surface area (Å²) in [6, 6.07) is 5.18. The number of hydrogen-bond acceptors (Lipinski definition) is 3. The van der Waals surface area contributed by atoms with E-state index in [0.29, 0.717) is 18.8 Å². The molecule has 1 aromatic rings. The third-order valence-electron chi connectivity index (χ3n) is 2.95. The van der Waals surface area contributed by atoms with Crippen LogP contribution in [0.3, 0.4) is 0 Å². The maximum absolute atomic E-state index is 12.0. The van der Waals surface area contributed by atoms with Crippen LogP contribution in [0.25, 0.3) is 0 Å². The maximum Gasteiger partial charge on any atom is 0.255 e. The van der Waals surface area contributed by atoms with Crippen LogP contribution in [0.2, 0.25) is 0 Å². The zero-order valence-electron chi connectivity index (χ0n) is 9.90. The fraction of sp³-hybridized carbons (Fsp3) is 0.462. The second-order valence-corrected chi connectivity index (χ2v) is 4.38. The Kier molecular flexibility index (Phi) is 3.64. The summed E-state index contributed by atoms with van der Waals surface area (Å²) in [5, 5.41) is 12.6. The van der Waals surface area contributed by atoms with Crippen molar-refractivity contribution in [2.24, 2.45) is 0 Å². The summed E-state index contributed by atoms with van der Waals surface area (Å²) >= 11 is 0. The first kappa shape index (κ1) is 11.9. The van der Waals surface area contributed by atoms with Gasteiger partial charge in [0.25, 0.3) is 5.91 Å². The summed E-state index contributed by atoms with van der Waals surface area (Å²) in [6.45, 7) is 3.26. The first-order valence-electron chi connectivity index (χ1n) is 5.85. The van der Waals surface area contributed by atoms with Crippen molar-refractivity contribution in [2.75, 3.05) is 13.2 Å². The number of phenols is 1. The Balaban J connectivity index is 2.05. The number of amides is 1. The van der Waals surface area contributed by atoms with Crippen molar-refractivity contribution in [3.63, 3.8) is 0 Å². The van der Waals surface area contributed by atoms with Crippen molar-refractivity contribution in [2.45, 2.75) is 25.8 Å². The third-order valence-corrected chi connectivity index (χ3v) is 2.95. The maximum atomic E-state index is 12.0. The lowest BCUT2D eigenvalue weighted by atomic mass is 10.1. The van der Waals surface area contributed by atoms with Gasteiger partial charge in [0.15, 0.2) is 0 Å². The van der Waals surface area contributed by atoms with Crippen LogP contribution in [0.5, 0.6) is 5.75 Å². The Labute approximate surface area is 101 Å². The molecule has 1 heterocycles. The molecule has 0 aromatic heterocycles. The second-order valence-electron chi connectivity index (χ2n) is 4.38. The average molecular weight is 235 g/mol. The van der Waals surface area contributed by atoms with Crippen LogP contribution >= 0.6 is 0 Å². The minimum Gasteiger partial charge on any atom is -0.507 e. The fourth-order valence-electron chi connectivity index (χ4n) is 1.94. The number of ether oxygens (including phenoxy) is 1. The number of aryl methyl sites for hydroxylation is 1. The normalized spacial score (nSPS) is 16.8. The number of phenolic OH excluding ortho intramolecular Hbond substituents is 1. The molecule has 0 unspecified atom stereocenters. The monoisotopic (exact) mass is 235 g/mol. The lowest BCUT2D eigenvalue weighted by Crippen LogP contribution is -2.38. The molecule has 0 radical (unpaired) electrons. The number of nitrogens with one attached hydrogen (secondary N) is 1. The van der Waals surface area contributed by atoms with E-state index in [1.165, 1.54) is 0 Å². The van der Waals surface area contributed by atoms with Crippen LogP contribution in [0.4, 0.5) is 0 Å². The van der Waals surface area contributed by atoms with Gasteiger partial charge in [0, 0.05) is 19.3 Å². The molecule has 1 fully saturated rings. The predicted molar refractivity (Wildman–Crippen MR) is 64.2 cm³/mol. The molecule has 92 valence electrons. The molecule has 1 aliphatic rings. The van der Waals surface area contributed by atoms with Crippen molar-refractivity contribution in [3.05, 3.63) is 29.3 Å². The highest BCUT2D eigenvalue weighted by Crippen LogP contribution is 2.18. The zero-order valence-corrected chi connectivity index (χ0v) is 9.90. The van der Waals surface area contributed by atoms with Gasteiger partial charge in [-0.3, -0.25) is 4.79 Å². The molecule has 1 aliphatic heterocycles. The molecular formula is C13H17NO3. The fourth-order valence-corrected chi connectivity index (χ4v) is 1.94. The van der Waals surface area contributed by atoms with Gasteiger partial charge in [0.1, 0.15) is 5.75 Å². The lowest BCUT2D eigenvalue weighted by Gasteiger charge is -2.23. The predicted octanol–water partition coefficient (Wildman–Crippen LogP) is 1.61. The van der Waals surface area contributed by atoms with Crippen LogP contribution in [0.1, 0.15) is 28.8 Å². The first-order chi connectivity index (χ1) is 8.16. The minimum atomic E-state index is -0.210. The Morgan fingerprint density at radius 1 is 1.41 bits per heavy atom. The SMILES string of the molecule is Cc1ccc(O)c(C(=O)NC2CCOCC2)c1. The van der Waals surface area contributed by atoms with Gasteiger partial charge < -0.3 is 15.2 Å².